The third-order valence-corrected chi connectivity index (χ3v) is 1.79. The maximum Gasteiger partial charge on any atom is 0.435 e. The molecule has 0 saturated heterocycles. The number of alkyl halides is 5. The van der Waals surface area contributed by atoms with Gasteiger partial charge in [-0.1, -0.05) is 0 Å². The van der Waals surface area contributed by atoms with Crippen LogP contribution in [0.1, 0.15) is 28.2 Å². The summed E-state index contributed by atoms with van der Waals surface area (Å²) in [6, 6.07) is 0.319. The van der Waals surface area contributed by atoms with Crippen molar-refractivity contribution in [3.05, 3.63) is 23.0 Å². The zero-order chi connectivity index (χ0) is 13.4. The molecule has 0 atom stereocenters. The Morgan fingerprint density at radius 1 is 1.41 bits per heavy atom. The van der Waals surface area contributed by atoms with Gasteiger partial charge in [0.2, 0.25) is 0 Å². The Hall–Kier alpha value is -1.93. The number of aromatic carboxylic acids is 1. The smallest absolute Gasteiger partial charge is 0.435 e. The van der Waals surface area contributed by atoms with Crippen molar-refractivity contribution in [1.29, 1.82) is 0 Å². The Bertz CT molecular complexity index is 458. The van der Waals surface area contributed by atoms with Gasteiger partial charge in [0.25, 0.3) is 6.43 Å². The van der Waals surface area contributed by atoms with Gasteiger partial charge in [-0.05, 0) is 6.07 Å². The lowest BCUT2D eigenvalue weighted by atomic mass is 10.1. The lowest BCUT2D eigenvalue weighted by Gasteiger charge is -2.12. The molecule has 0 aromatic carbocycles. The summed E-state index contributed by atoms with van der Waals surface area (Å²) in [5.74, 6) is -1.83. The highest BCUT2D eigenvalue weighted by Crippen LogP contribution is 2.34. The van der Waals surface area contributed by atoms with Gasteiger partial charge in [0, 0.05) is 0 Å². The molecule has 0 aliphatic carbocycles. The molecular formula is C8H5F5N2O2. The van der Waals surface area contributed by atoms with E-state index in [9.17, 15) is 26.7 Å². The van der Waals surface area contributed by atoms with Crippen molar-refractivity contribution in [1.82, 2.24) is 4.98 Å². The lowest BCUT2D eigenvalue weighted by molar-refractivity contribution is -0.140. The van der Waals surface area contributed by atoms with Crippen LogP contribution in [0.5, 0.6) is 0 Å². The molecule has 0 aliphatic heterocycles. The number of halogens is 5. The minimum absolute atomic E-state index is 0.319. The van der Waals surface area contributed by atoms with Crippen LogP contribution < -0.4 is 5.73 Å². The molecule has 94 valence electrons. The van der Waals surface area contributed by atoms with E-state index in [-0.39, 0.29) is 0 Å². The van der Waals surface area contributed by atoms with E-state index in [0.717, 1.165) is 0 Å². The number of nitrogen functional groups attached to an aromatic ring is 1. The molecule has 0 spiro atoms. The van der Waals surface area contributed by atoms with Gasteiger partial charge in [-0.3, -0.25) is 0 Å². The van der Waals surface area contributed by atoms with Crippen molar-refractivity contribution in [3.8, 4) is 0 Å². The van der Waals surface area contributed by atoms with Crippen molar-refractivity contribution in [2.45, 2.75) is 12.6 Å². The second kappa shape index (κ2) is 4.15. The van der Waals surface area contributed by atoms with Crippen LogP contribution in [-0.2, 0) is 6.18 Å². The van der Waals surface area contributed by atoms with Crippen molar-refractivity contribution in [2.75, 3.05) is 5.73 Å². The van der Waals surface area contributed by atoms with E-state index in [0.29, 0.717) is 6.07 Å². The first kappa shape index (κ1) is 13.1. The number of carbonyl (C=O) groups is 1. The zero-order valence-corrected chi connectivity index (χ0v) is 7.92. The Morgan fingerprint density at radius 2 is 1.94 bits per heavy atom. The van der Waals surface area contributed by atoms with Crippen molar-refractivity contribution in [2.24, 2.45) is 0 Å². The first-order valence-corrected chi connectivity index (χ1v) is 4.03. The number of nitrogens with two attached hydrogens (primary N) is 1. The summed E-state index contributed by atoms with van der Waals surface area (Å²) in [6.07, 6.45) is -8.46. The van der Waals surface area contributed by atoms with Gasteiger partial charge in [0.15, 0.2) is 5.69 Å². The van der Waals surface area contributed by atoms with Crippen LogP contribution in [0.25, 0.3) is 0 Å². The van der Waals surface area contributed by atoms with Crippen molar-refractivity contribution >= 4 is 11.7 Å². The Kier molecular flexibility index (Phi) is 3.21. The maximum atomic E-state index is 12.4. The normalized spacial score (nSPS) is 11.9. The van der Waals surface area contributed by atoms with Gasteiger partial charge in [-0.15, -0.1) is 0 Å². The van der Waals surface area contributed by atoms with Crippen LogP contribution in [-0.4, -0.2) is 16.1 Å². The fourth-order valence-corrected chi connectivity index (χ4v) is 1.11. The summed E-state index contributed by atoms with van der Waals surface area (Å²) in [6.45, 7) is 0. The molecular weight excluding hydrogens is 251 g/mol. The molecule has 1 rings (SSSR count). The minimum Gasteiger partial charge on any atom is -0.478 e. The van der Waals surface area contributed by atoms with Crippen molar-refractivity contribution in [3.63, 3.8) is 0 Å². The number of nitrogens with zero attached hydrogens (tertiary/aromatic N) is 1. The summed E-state index contributed by atoms with van der Waals surface area (Å²) in [4.78, 5) is 13.1. The number of anilines is 1. The fourth-order valence-electron chi connectivity index (χ4n) is 1.11. The number of carboxylic acids is 1. The largest absolute Gasteiger partial charge is 0.478 e. The quantitative estimate of drug-likeness (QED) is 0.796. The summed E-state index contributed by atoms with van der Waals surface area (Å²) in [5.41, 5.74) is -0.325. The molecule has 3 N–H and O–H groups in total. The van der Waals surface area contributed by atoms with E-state index in [1.165, 1.54) is 0 Å². The third-order valence-electron chi connectivity index (χ3n) is 1.79. The molecule has 0 saturated carbocycles. The average molecular weight is 256 g/mol. The summed E-state index contributed by atoms with van der Waals surface area (Å²) in [5, 5.41) is 8.52. The lowest BCUT2D eigenvalue weighted by Crippen LogP contribution is -2.16. The molecule has 1 aromatic rings. The van der Waals surface area contributed by atoms with Gasteiger partial charge in [-0.25, -0.2) is 18.6 Å². The summed E-state index contributed by atoms with van der Waals surface area (Å²) < 4.78 is 61.6. The minimum atomic E-state index is -5.02. The molecule has 9 heteroatoms. The van der Waals surface area contributed by atoms with Crippen LogP contribution >= 0.6 is 0 Å². The van der Waals surface area contributed by atoms with Gasteiger partial charge < -0.3 is 10.8 Å². The number of rotatable bonds is 2. The maximum absolute atomic E-state index is 12.4. The van der Waals surface area contributed by atoms with Gasteiger partial charge in [0.1, 0.15) is 5.69 Å². The molecule has 0 radical (unpaired) electrons. The van der Waals surface area contributed by atoms with Gasteiger partial charge in [0.05, 0.1) is 11.3 Å². The highest BCUT2D eigenvalue weighted by atomic mass is 19.4. The molecule has 0 unspecified atom stereocenters. The van der Waals surface area contributed by atoms with Gasteiger partial charge >= 0.3 is 12.1 Å². The average Bonchev–Trinajstić information content (AvgIpc) is 2.14. The molecule has 0 aliphatic rings. The zero-order valence-electron chi connectivity index (χ0n) is 7.92. The monoisotopic (exact) mass is 256 g/mol. The molecule has 0 fully saturated rings. The predicted molar refractivity (Wildman–Crippen MR) is 45.6 cm³/mol. The number of aromatic nitrogens is 1. The highest BCUT2D eigenvalue weighted by molar-refractivity contribution is 5.90. The highest BCUT2D eigenvalue weighted by Gasteiger charge is 2.37. The first-order valence-electron chi connectivity index (χ1n) is 4.03. The van der Waals surface area contributed by atoms with E-state index >= 15 is 0 Å². The second-order valence-electron chi connectivity index (χ2n) is 2.96. The Balaban J connectivity index is 3.51. The van der Waals surface area contributed by atoms with Gasteiger partial charge in [-0.2, -0.15) is 13.2 Å². The molecule has 1 heterocycles. The van der Waals surface area contributed by atoms with Crippen LogP contribution in [0.3, 0.4) is 0 Å². The van der Waals surface area contributed by atoms with Crippen LogP contribution in [0, 0.1) is 0 Å². The fraction of sp³-hybridized carbons (Fsp3) is 0.250. The number of hydrogen-bond acceptors (Lipinski definition) is 3. The number of hydrogen-bond donors (Lipinski definition) is 2. The molecule has 0 bridgehead atoms. The molecule has 1 aromatic heterocycles. The van der Waals surface area contributed by atoms with Crippen molar-refractivity contribution < 1.29 is 31.9 Å². The first-order chi connectivity index (χ1) is 7.64. The van der Waals surface area contributed by atoms with E-state index in [1.807, 2.05) is 0 Å². The topological polar surface area (TPSA) is 76.2 Å². The van der Waals surface area contributed by atoms with E-state index in [1.54, 1.807) is 0 Å². The van der Waals surface area contributed by atoms with E-state index in [4.69, 9.17) is 10.8 Å². The summed E-state index contributed by atoms with van der Waals surface area (Å²) >= 11 is 0. The second-order valence-corrected chi connectivity index (χ2v) is 2.96. The van der Waals surface area contributed by atoms with Crippen LogP contribution in [0.4, 0.5) is 27.6 Å². The van der Waals surface area contributed by atoms with Crippen LogP contribution in [0.2, 0.25) is 0 Å². The summed E-state index contributed by atoms with van der Waals surface area (Å²) in [7, 11) is 0. The number of carboxylic acid groups (broad SMARTS) is 1. The Morgan fingerprint density at radius 3 is 2.29 bits per heavy atom. The molecule has 17 heavy (non-hydrogen) atoms. The molecule has 4 nitrogen and oxygen atoms in total. The molecule has 0 amide bonds. The Labute approximate surface area is 90.9 Å². The van der Waals surface area contributed by atoms with Crippen LogP contribution in [0.15, 0.2) is 6.07 Å². The third kappa shape index (κ3) is 2.60. The van der Waals surface area contributed by atoms with E-state index in [2.05, 4.69) is 4.98 Å². The SMILES string of the molecule is Nc1cc(C(=O)O)c(C(F)F)nc1C(F)(F)F. The standard InChI is InChI=1S/C8H5F5N2O2/c9-6(10)4-2(7(16)17)1-3(14)5(15-4)8(11,12)13/h1,6H,14H2,(H,16,17). The van der Waals surface area contributed by atoms with E-state index < -0.39 is 41.2 Å². The predicted octanol–water partition coefficient (Wildman–Crippen LogP) is 2.32. The number of pyridine rings is 1.